The summed E-state index contributed by atoms with van der Waals surface area (Å²) in [7, 11) is 1.35. The molecule has 2 aliphatic rings. The number of pyridine rings is 2. The highest BCUT2D eigenvalue weighted by Crippen LogP contribution is 2.48. The van der Waals surface area contributed by atoms with Gasteiger partial charge in [-0.1, -0.05) is 23.7 Å². The van der Waals surface area contributed by atoms with Crippen molar-refractivity contribution in [2.75, 3.05) is 13.7 Å². The molecule has 5 heterocycles. The minimum Gasteiger partial charge on any atom is -0.465 e. The molecule has 218 valence electrons. The van der Waals surface area contributed by atoms with Gasteiger partial charge in [0.25, 0.3) is 11.3 Å². The summed E-state index contributed by atoms with van der Waals surface area (Å²) in [6.45, 7) is 3.31. The van der Waals surface area contributed by atoms with Gasteiger partial charge in [-0.25, -0.2) is 9.78 Å². The van der Waals surface area contributed by atoms with Crippen molar-refractivity contribution in [2.45, 2.75) is 38.3 Å². The summed E-state index contributed by atoms with van der Waals surface area (Å²) >= 11 is 6.02. The molecule has 5 aromatic rings. The van der Waals surface area contributed by atoms with Crippen molar-refractivity contribution in [2.24, 2.45) is 0 Å². The van der Waals surface area contributed by atoms with Crippen molar-refractivity contribution in [3.05, 3.63) is 106 Å². The zero-order valence-corrected chi connectivity index (χ0v) is 24.2. The fourth-order valence-corrected chi connectivity index (χ4v) is 5.55. The maximum atomic E-state index is 13.4. The van der Waals surface area contributed by atoms with Gasteiger partial charge in [0.2, 0.25) is 0 Å². The first-order chi connectivity index (χ1) is 20.8. The molecule has 2 aromatic carbocycles. The van der Waals surface area contributed by atoms with Crippen molar-refractivity contribution in [3.63, 3.8) is 0 Å². The third-order valence-electron chi connectivity index (χ3n) is 7.82. The number of carbonyl (C=O) groups excluding carboxylic acids is 1. The van der Waals surface area contributed by atoms with E-state index in [-0.39, 0.29) is 18.2 Å². The molecule has 11 heteroatoms. The number of rotatable bonds is 7. The number of ether oxygens (including phenoxy) is 4. The molecule has 10 nitrogen and oxygen atoms in total. The number of halogens is 1. The van der Waals surface area contributed by atoms with E-state index in [0.717, 1.165) is 23.0 Å². The lowest BCUT2D eigenvalue weighted by molar-refractivity contribution is -0.0715. The van der Waals surface area contributed by atoms with Crippen LogP contribution < -0.4 is 15.0 Å². The molecule has 7 rings (SSSR count). The van der Waals surface area contributed by atoms with Crippen LogP contribution in [0.4, 0.5) is 0 Å². The summed E-state index contributed by atoms with van der Waals surface area (Å²) in [6.07, 6.45) is 4.28. The summed E-state index contributed by atoms with van der Waals surface area (Å²) in [5.41, 5.74) is 3.73. The van der Waals surface area contributed by atoms with E-state index in [0.29, 0.717) is 52.3 Å². The van der Waals surface area contributed by atoms with Gasteiger partial charge in [-0.2, -0.15) is 0 Å². The Morgan fingerprint density at radius 3 is 2.72 bits per heavy atom. The lowest BCUT2D eigenvalue weighted by Crippen LogP contribution is -2.32. The highest BCUT2D eigenvalue weighted by Gasteiger charge is 2.41. The van der Waals surface area contributed by atoms with E-state index in [9.17, 15) is 9.59 Å². The minimum absolute atomic E-state index is 0.0492. The Morgan fingerprint density at radius 2 is 2.00 bits per heavy atom. The molecule has 1 unspecified atom stereocenters. The second-order valence-corrected chi connectivity index (χ2v) is 11.1. The van der Waals surface area contributed by atoms with Crippen LogP contribution in [0.1, 0.15) is 35.2 Å². The Labute approximate surface area is 251 Å². The summed E-state index contributed by atoms with van der Waals surface area (Å²) in [6, 6.07) is 17.8. The second-order valence-electron chi connectivity index (χ2n) is 10.6. The first-order valence-electron chi connectivity index (χ1n) is 13.8. The van der Waals surface area contributed by atoms with Gasteiger partial charge in [0.05, 0.1) is 47.9 Å². The van der Waals surface area contributed by atoms with Gasteiger partial charge >= 0.3 is 5.97 Å². The Hall–Kier alpha value is -4.67. The maximum absolute atomic E-state index is 13.4. The molecule has 0 aliphatic carbocycles. The number of carbonyl (C=O) groups is 1. The average Bonchev–Trinajstić information content (AvgIpc) is 3.52. The van der Waals surface area contributed by atoms with Gasteiger partial charge in [-0.15, -0.1) is 0 Å². The normalized spacial score (nSPS) is 18.9. The van der Waals surface area contributed by atoms with Crippen LogP contribution in [0.5, 0.6) is 11.5 Å². The molecule has 0 spiro atoms. The summed E-state index contributed by atoms with van der Waals surface area (Å²) in [5, 5.41) is 0.516. The zero-order chi connectivity index (χ0) is 29.7. The van der Waals surface area contributed by atoms with Crippen LogP contribution in [0.3, 0.4) is 0 Å². The van der Waals surface area contributed by atoms with Crippen molar-refractivity contribution >= 4 is 28.6 Å². The van der Waals surface area contributed by atoms with Crippen LogP contribution in [-0.4, -0.2) is 44.9 Å². The van der Waals surface area contributed by atoms with Gasteiger partial charge in [0.15, 0.2) is 11.5 Å². The molecule has 2 atom stereocenters. The highest BCUT2D eigenvalue weighted by molar-refractivity contribution is 6.30. The van der Waals surface area contributed by atoms with Crippen molar-refractivity contribution in [3.8, 4) is 22.6 Å². The first kappa shape index (κ1) is 27.2. The monoisotopic (exact) mass is 598 g/mol. The molecular weight excluding hydrogens is 572 g/mol. The van der Waals surface area contributed by atoms with Crippen LogP contribution in [0.15, 0.2) is 77.9 Å². The predicted molar refractivity (Wildman–Crippen MR) is 159 cm³/mol. The number of hydrogen-bond acceptors (Lipinski definition) is 8. The van der Waals surface area contributed by atoms with E-state index in [1.54, 1.807) is 60.3 Å². The number of benzene rings is 2. The first-order valence-corrected chi connectivity index (χ1v) is 14.2. The van der Waals surface area contributed by atoms with E-state index in [2.05, 4.69) is 4.98 Å². The Morgan fingerprint density at radius 1 is 1.14 bits per heavy atom. The average molecular weight is 599 g/mol. The van der Waals surface area contributed by atoms with E-state index in [4.69, 9.17) is 35.5 Å². The van der Waals surface area contributed by atoms with Crippen LogP contribution in [0.2, 0.25) is 5.02 Å². The Balaban J connectivity index is 1.20. The number of imidazole rings is 1. The molecule has 0 N–H and O–H groups in total. The van der Waals surface area contributed by atoms with Crippen molar-refractivity contribution < 1.29 is 23.7 Å². The topological polar surface area (TPSA) is 107 Å². The van der Waals surface area contributed by atoms with Gasteiger partial charge in [-0.3, -0.25) is 9.78 Å². The minimum atomic E-state index is -1.14. The molecule has 3 aromatic heterocycles. The molecule has 43 heavy (non-hydrogen) atoms. The molecular formula is C32H27ClN4O6. The van der Waals surface area contributed by atoms with Gasteiger partial charge in [0.1, 0.15) is 11.5 Å². The fourth-order valence-electron chi connectivity index (χ4n) is 5.44. The summed E-state index contributed by atoms with van der Waals surface area (Å²) in [4.78, 5) is 34.8. The number of hydrogen-bond donors (Lipinski definition) is 0. The van der Waals surface area contributed by atoms with Gasteiger partial charge in [-0.05, 0) is 54.4 Å². The predicted octanol–water partition coefficient (Wildman–Crippen LogP) is 5.18. The molecule has 2 aliphatic heterocycles. The molecule has 0 amide bonds. The van der Waals surface area contributed by atoms with Crippen LogP contribution in [0, 0.1) is 0 Å². The van der Waals surface area contributed by atoms with Crippen LogP contribution >= 0.6 is 11.6 Å². The van der Waals surface area contributed by atoms with E-state index in [1.165, 1.54) is 7.11 Å². The molecule has 0 bridgehead atoms. The molecule has 0 saturated carbocycles. The fraction of sp³-hybridized carbons (Fsp3) is 0.250. The molecule has 1 fully saturated rings. The standard InChI is InChI=1S/C32H27ClN4O6/c1-32(27-9-7-21(33)16-34-27)42-26-5-3-4-23(30(26)43-32)19-10-12-36(29(38)15-19)18-28-35-24-8-6-20(31(39)40-2)14-25(24)37(28)17-22-11-13-41-22/h3-10,12,14-16,22H,11,13,17-18H2,1-2H3/t22-,32?/m0/s1. The van der Waals surface area contributed by atoms with E-state index < -0.39 is 11.8 Å². The number of esters is 1. The van der Waals surface area contributed by atoms with E-state index >= 15 is 0 Å². The zero-order valence-electron chi connectivity index (χ0n) is 23.5. The number of methoxy groups -OCH3 is 1. The lowest BCUT2D eigenvalue weighted by Gasteiger charge is -2.27. The second kappa shape index (κ2) is 10.6. The van der Waals surface area contributed by atoms with Crippen LogP contribution in [0.25, 0.3) is 22.2 Å². The number of para-hydroxylation sites is 1. The summed E-state index contributed by atoms with van der Waals surface area (Å²) in [5.74, 6) is 0.205. The van der Waals surface area contributed by atoms with Gasteiger partial charge in [0, 0.05) is 37.6 Å². The quantitative estimate of drug-likeness (QED) is 0.236. The third kappa shape index (κ3) is 4.92. The lowest BCUT2D eigenvalue weighted by atomic mass is 10.1. The SMILES string of the molecule is COC(=O)c1ccc2nc(Cn3ccc(-c4cccc5c4OC(C)(c4ccc(Cl)cn4)O5)cc3=O)n(C[C@@H]3CCO3)c2c1. The molecule has 1 saturated heterocycles. The van der Waals surface area contributed by atoms with Crippen molar-refractivity contribution in [1.82, 2.24) is 19.1 Å². The van der Waals surface area contributed by atoms with Gasteiger partial charge < -0.3 is 28.1 Å². The maximum Gasteiger partial charge on any atom is 0.337 e. The Bertz CT molecular complexity index is 1930. The third-order valence-corrected chi connectivity index (χ3v) is 8.04. The highest BCUT2D eigenvalue weighted by atomic mass is 35.5. The Kier molecular flexibility index (Phi) is 6.67. The molecule has 0 radical (unpaired) electrons. The van der Waals surface area contributed by atoms with Crippen LogP contribution in [-0.2, 0) is 28.4 Å². The number of nitrogens with zero attached hydrogens (tertiary/aromatic N) is 4. The number of aromatic nitrogens is 4. The van der Waals surface area contributed by atoms with Crippen molar-refractivity contribution in [1.29, 1.82) is 0 Å². The van der Waals surface area contributed by atoms with E-state index in [1.807, 2.05) is 28.8 Å². The largest absolute Gasteiger partial charge is 0.465 e. The smallest absolute Gasteiger partial charge is 0.337 e. The summed E-state index contributed by atoms with van der Waals surface area (Å²) < 4.78 is 26.7. The number of fused-ring (bicyclic) bond motifs is 2.